The van der Waals surface area contributed by atoms with Crippen molar-refractivity contribution in [2.24, 2.45) is 0 Å². The van der Waals surface area contributed by atoms with Gasteiger partial charge in [-0.25, -0.2) is 14.8 Å². The lowest BCUT2D eigenvalue weighted by Crippen LogP contribution is -2.36. The number of amides is 1. The molecule has 2 aromatic heterocycles. The lowest BCUT2D eigenvalue weighted by atomic mass is 10.1. The average molecular weight is 462 g/mol. The molecule has 0 unspecified atom stereocenters. The molecule has 3 heterocycles. The number of H-pyrrole nitrogens is 1. The normalized spacial score (nSPS) is 14.9. The van der Waals surface area contributed by atoms with Gasteiger partial charge < -0.3 is 15.1 Å². The predicted molar refractivity (Wildman–Crippen MR) is 128 cm³/mol. The van der Waals surface area contributed by atoms with Gasteiger partial charge in [-0.3, -0.25) is 19.1 Å². The highest BCUT2D eigenvalue weighted by Gasteiger charge is 2.25. The molecular formula is C24H27N7O3. The van der Waals surface area contributed by atoms with E-state index in [4.69, 9.17) is 0 Å². The molecule has 0 bridgehead atoms. The highest BCUT2D eigenvalue weighted by atomic mass is 16.2. The Morgan fingerprint density at radius 1 is 1.06 bits per heavy atom. The largest absolute Gasteiger partial charge is 0.342 e. The zero-order valence-corrected chi connectivity index (χ0v) is 18.9. The summed E-state index contributed by atoms with van der Waals surface area (Å²) in [4.78, 5) is 52.5. The number of rotatable bonds is 7. The molecule has 5 rings (SSSR count). The number of aryl methyl sites for hydroxylation is 2. The highest BCUT2D eigenvalue weighted by Crippen LogP contribution is 2.25. The Morgan fingerprint density at radius 3 is 2.71 bits per heavy atom. The molecule has 1 aromatic carbocycles. The van der Waals surface area contributed by atoms with Gasteiger partial charge in [-0.05, 0) is 55.0 Å². The fourth-order valence-electron chi connectivity index (χ4n) is 4.56. The van der Waals surface area contributed by atoms with E-state index in [9.17, 15) is 14.4 Å². The Morgan fingerprint density at radius 2 is 1.88 bits per heavy atom. The summed E-state index contributed by atoms with van der Waals surface area (Å²) in [5.74, 6) is 0.947. The molecular weight excluding hydrogens is 434 g/mol. The highest BCUT2D eigenvalue weighted by molar-refractivity contribution is 5.77. The van der Waals surface area contributed by atoms with E-state index in [-0.39, 0.29) is 18.9 Å². The molecule has 0 spiro atoms. The smallest absolute Gasteiger partial charge is 0.329 e. The second-order valence-electron chi connectivity index (χ2n) is 8.65. The van der Waals surface area contributed by atoms with E-state index in [1.54, 1.807) is 23.4 Å². The molecule has 2 N–H and O–H groups in total. The van der Waals surface area contributed by atoms with Crippen LogP contribution < -0.4 is 21.5 Å². The van der Waals surface area contributed by atoms with Crippen molar-refractivity contribution < 1.29 is 4.79 Å². The SMILES string of the molecule is O=C(CCCn1c(=O)cc(Nc2ccc3c(c2)CCC3)[nH]c1=O)N1CCN(c2ncccn2)C1. The Kier molecular flexibility index (Phi) is 6.11. The molecule has 10 nitrogen and oxygen atoms in total. The number of carbonyl (C=O) groups excluding carboxylic acids is 1. The maximum absolute atomic E-state index is 12.6. The monoisotopic (exact) mass is 461 g/mol. The van der Waals surface area contributed by atoms with Gasteiger partial charge in [-0.15, -0.1) is 0 Å². The lowest BCUT2D eigenvalue weighted by Gasteiger charge is -2.18. The number of anilines is 3. The van der Waals surface area contributed by atoms with Crippen LogP contribution in [0.2, 0.25) is 0 Å². The quantitative estimate of drug-likeness (QED) is 0.550. The number of carbonyl (C=O) groups is 1. The summed E-state index contributed by atoms with van der Waals surface area (Å²) >= 11 is 0. The van der Waals surface area contributed by atoms with Crippen LogP contribution in [-0.4, -0.2) is 50.1 Å². The fraction of sp³-hybridized carbons (Fsp3) is 0.375. The first kappa shape index (κ1) is 21.9. The molecule has 34 heavy (non-hydrogen) atoms. The first-order valence-corrected chi connectivity index (χ1v) is 11.6. The Balaban J connectivity index is 1.16. The number of benzene rings is 1. The van der Waals surface area contributed by atoms with Gasteiger partial charge in [0.25, 0.3) is 5.56 Å². The molecule has 176 valence electrons. The summed E-state index contributed by atoms with van der Waals surface area (Å²) in [6.07, 6.45) is 7.32. The Hall–Kier alpha value is -3.95. The van der Waals surface area contributed by atoms with E-state index in [2.05, 4.69) is 32.4 Å². The molecule has 0 radical (unpaired) electrons. The van der Waals surface area contributed by atoms with Crippen LogP contribution >= 0.6 is 0 Å². The summed E-state index contributed by atoms with van der Waals surface area (Å²) in [5.41, 5.74) is 2.63. The number of aromatic amines is 1. The summed E-state index contributed by atoms with van der Waals surface area (Å²) in [6, 6.07) is 9.26. The second kappa shape index (κ2) is 9.50. The lowest BCUT2D eigenvalue weighted by molar-refractivity contribution is -0.130. The van der Waals surface area contributed by atoms with Gasteiger partial charge in [0.05, 0.1) is 6.67 Å². The number of fused-ring (bicyclic) bond motifs is 1. The summed E-state index contributed by atoms with van der Waals surface area (Å²) in [5, 5.41) is 3.13. The van der Waals surface area contributed by atoms with Gasteiger partial charge in [0.1, 0.15) is 5.82 Å². The van der Waals surface area contributed by atoms with Crippen LogP contribution in [-0.2, 0) is 24.2 Å². The van der Waals surface area contributed by atoms with Crippen molar-refractivity contribution in [2.75, 3.05) is 30.0 Å². The van der Waals surface area contributed by atoms with Crippen LogP contribution in [0, 0.1) is 0 Å². The molecule has 0 atom stereocenters. The Labute approximate surface area is 196 Å². The molecule has 1 fully saturated rings. The molecule has 0 saturated carbocycles. The van der Waals surface area contributed by atoms with E-state index >= 15 is 0 Å². The first-order valence-electron chi connectivity index (χ1n) is 11.6. The van der Waals surface area contributed by atoms with Crippen molar-refractivity contribution >= 4 is 23.4 Å². The number of hydrogen-bond donors (Lipinski definition) is 2. The number of hydrogen-bond acceptors (Lipinski definition) is 7. The molecule has 3 aromatic rings. The van der Waals surface area contributed by atoms with Gasteiger partial charge >= 0.3 is 5.69 Å². The van der Waals surface area contributed by atoms with E-state index in [1.165, 1.54) is 17.2 Å². The number of aromatic nitrogens is 4. The van der Waals surface area contributed by atoms with Crippen molar-refractivity contribution in [1.29, 1.82) is 0 Å². The van der Waals surface area contributed by atoms with E-state index in [0.29, 0.717) is 37.9 Å². The zero-order valence-electron chi connectivity index (χ0n) is 18.9. The third-order valence-electron chi connectivity index (χ3n) is 6.34. The van der Waals surface area contributed by atoms with Crippen LogP contribution in [0.3, 0.4) is 0 Å². The molecule has 10 heteroatoms. The third kappa shape index (κ3) is 4.70. The minimum atomic E-state index is -0.489. The molecule has 2 aliphatic rings. The summed E-state index contributed by atoms with van der Waals surface area (Å²) in [7, 11) is 0. The van der Waals surface area contributed by atoms with Crippen LogP contribution in [0.1, 0.15) is 30.4 Å². The van der Waals surface area contributed by atoms with E-state index in [0.717, 1.165) is 29.5 Å². The topological polar surface area (TPSA) is 116 Å². The maximum Gasteiger partial charge on any atom is 0.329 e. The third-order valence-corrected chi connectivity index (χ3v) is 6.34. The molecule has 1 saturated heterocycles. The van der Waals surface area contributed by atoms with Crippen LogP contribution in [0.15, 0.2) is 52.3 Å². The van der Waals surface area contributed by atoms with Gasteiger partial charge in [-0.1, -0.05) is 6.07 Å². The van der Waals surface area contributed by atoms with E-state index < -0.39 is 11.2 Å². The maximum atomic E-state index is 12.6. The van der Waals surface area contributed by atoms with Gasteiger partial charge in [0.2, 0.25) is 11.9 Å². The van der Waals surface area contributed by atoms with Crippen LogP contribution in [0.5, 0.6) is 0 Å². The Bertz CT molecular complexity index is 1270. The van der Waals surface area contributed by atoms with Crippen molar-refractivity contribution in [3.8, 4) is 0 Å². The van der Waals surface area contributed by atoms with Gasteiger partial charge in [0, 0.05) is 50.2 Å². The van der Waals surface area contributed by atoms with Crippen LogP contribution in [0.25, 0.3) is 0 Å². The van der Waals surface area contributed by atoms with Crippen LogP contribution in [0.4, 0.5) is 17.5 Å². The number of nitrogens with one attached hydrogen (secondary N) is 2. The van der Waals surface area contributed by atoms with Crippen molar-refractivity contribution in [1.82, 2.24) is 24.4 Å². The second-order valence-corrected chi connectivity index (χ2v) is 8.65. The van der Waals surface area contributed by atoms with Crippen molar-refractivity contribution in [3.05, 3.63) is 74.7 Å². The minimum absolute atomic E-state index is 0.0159. The standard InChI is InChI=1S/C24H27N7O3/c32-21(29-12-13-30(16-29)23-25-9-3-10-26-23)6-2-11-31-22(33)15-20(28-24(31)34)27-19-8-7-17-4-1-5-18(17)14-19/h3,7-10,14-15,27H,1-2,4-6,11-13,16H2,(H,28,34). The molecule has 1 aliphatic heterocycles. The predicted octanol–water partition coefficient (Wildman–Crippen LogP) is 1.65. The average Bonchev–Trinajstić information content (AvgIpc) is 3.51. The number of nitrogens with zero attached hydrogens (tertiary/aromatic N) is 5. The van der Waals surface area contributed by atoms with E-state index in [1.807, 2.05) is 11.0 Å². The van der Waals surface area contributed by atoms with Crippen molar-refractivity contribution in [3.63, 3.8) is 0 Å². The molecule has 1 amide bonds. The van der Waals surface area contributed by atoms with Gasteiger partial charge in [-0.2, -0.15) is 0 Å². The molecule has 1 aliphatic carbocycles. The van der Waals surface area contributed by atoms with Gasteiger partial charge in [0.15, 0.2) is 0 Å². The fourth-order valence-corrected chi connectivity index (χ4v) is 4.56. The van der Waals surface area contributed by atoms with Crippen molar-refractivity contribution in [2.45, 2.75) is 38.6 Å². The minimum Gasteiger partial charge on any atom is -0.342 e. The summed E-state index contributed by atoms with van der Waals surface area (Å²) in [6.45, 7) is 1.89. The first-order chi connectivity index (χ1) is 16.6. The zero-order chi connectivity index (χ0) is 23.5. The summed E-state index contributed by atoms with van der Waals surface area (Å²) < 4.78 is 1.13.